The number of nitrogens with two attached hydrogens (primary N) is 1. The highest BCUT2D eigenvalue weighted by molar-refractivity contribution is 5.77. The Morgan fingerprint density at radius 2 is 2.11 bits per heavy atom. The monoisotopic (exact) mass is 473 g/mol. The van der Waals surface area contributed by atoms with Gasteiger partial charge in [-0.25, -0.2) is 13.9 Å². The van der Waals surface area contributed by atoms with E-state index in [-0.39, 0.29) is 12.4 Å². The summed E-state index contributed by atoms with van der Waals surface area (Å²) in [5.74, 6) is 0.748. The number of rotatable bonds is 11. The Morgan fingerprint density at radius 1 is 1.23 bits per heavy atom. The Bertz CT molecular complexity index is 1330. The van der Waals surface area contributed by atoms with Gasteiger partial charge in [0.1, 0.15) is 36.1 Å². The van der Waals surface area contributed by atoms with Gasteiger partial charge in [0.2, 0.25) is 0 Å². The van der Waals surface area contributed by atoms with Gasteiger partial charge in [0, 0.05) is 18.4 Å². The number of nitrogens with one attached hydrogen (secondary N) is 1. The van der Waals surface area contributed by atoms with Crippen molar-refractivity contribution in [1.82, 2.24) is 19.5 Å². The van der Waals surface area contributed by atoms with Crippen LogP contribution < -0.4 is 15.8 Å². The first kappa shape index (κ1) is 24.1. The molecule has 2 aromatic carbocycles. The fourth-order valence-corrected chi connectivity index (χ4v) is 3.89. The van der Waals surface area contributed by atoms with E-state index in [1.165, 1.54) is 18.5 Å². The molecule has 0 amide bonds. The number of nitrogens with zero attached hydrogens (tertiary/aromatic N) is 5. The molecule has 0 bridgehead atoms. The summed E-state index contributed by atoms with van der Waals surface area (Å²) < 4.78 is 21.0. The maximum absolute atomic E-state index is 13.4. The second-order valence-electron chi connectivity index (χ2n) is 8.12. The zero-order valence-corrected chi connectivity index (χ0v) is 19.6. The molecule has 4 aromatic rings. The molecule has 0 radical (unpaired) electrons. The van der Waals surface area contributed by atoms with Gasteiger partial charge in [-0.3, -0.25) is 4.90 Å². The van der Waals surface area contributed by atoms with Crippen molar-refractivity contribution in [3.05, 3.63) is 83.6 Å². The number of nitriles is 1. The highest BCUT2D eigenvalue weighted by atomic mass is 19.1. The van der Waals surface area contributed by atoms with Crippen LogP contribution >= 0.6 is 0 Å². The van der Waals surface area contributed by atoms with Crippen molar-refractivity contribution < 1.29 is 9.13 Å². The maximum atomic E-state index is 13.4. The van der Waals surface area contributed by atoms with Crippen LogP contribution in [0.1, 0.15) is 30.0 Å². The lowest BCUT2D eigenvalue weighted by atomic mass is 10.2. The zero-order valence-electron chi connectivity index (χ0n) is 19.6. The van der Waals surface area contributed by atoms with Gasteiger partial charge >= 0.3 is 0 Å². The average Bonchev–Trinajstić information content (AvgIpc) is 3.29. The summed E-state index contributed by atoms with van der Waals surface area (Å²) in [6.45, 7) is 5.54. The fraction of sp³-hybridized carbons (Fsp3) is 0.269. The molecule has 0 aliphatic carbocycles. The van der Waals surface area contributed by atoms with Crippen LogP contribution in [-0.2, 0) is 13.2 Å². The molecule has 180 valence electrons. The highest BCUT2D eigenvalue weighted by Crippen LogP contribution is 2.28. The first-order valence-electron chi connectivity index (χ1n) is 11.5. The van der Waals surface area contributed by atoms with Gasteiger partial charge in [0.05, 0.1) is 5.56 Å². The van der Waals surface area contributed by atoms with Crippen LogP contribution in [0.2, 0.25) is 0 Å². The lowest BCUT2D eigenvalue weighted by molar-refractivity contribution is 0.279. The molecule has 0 spiro atoms. The number of ether oxygens (including phenoxy) is 1. The van der Waals surface area contributed by atoms with Crippen molar-refractivity contribution in [1.29, 1.82) is 5.26 Å². The predicted molar refractivity (Wildman–Crippen MR) is 133 cm³/mol. The van der Waals surface area contributed by atoms with Crippen LogP contribution in [0, 0.1) is 17.1 Å². The molecule has 3 N–H and O–H groups in total. The van der Waals surface area contributed by atoms with Crippen molar-refractivity contribution in [3.63, 3.8) is 0 Å². The minimum Gasteiger partial charge on any atom is -0.488 e. The number of benzene rings is 2. The van der Waals surface area contributed by atoms with Crippen molar-refractivity contribution in [2.45, 2.75) is 26.5 Å². The number of hydrogen-bond acceptors (Lipinski definition) is 7. The summed E-state index contributed by atoms with van der Waals surface area (Å²) in [5, 5.41) is 17.3. The van der Waals surface area contributed by atoms with E-state index in [2.05, 4.69) is 33.3 Å². The molecule has 9 heteroatoms. The lowest BCUT2D eigenvalue weighted by Crippen LogP contribution is -2.25. The van der Waals surface area contributed by atoms with E-state index in [1.54, 1.807) is 28.8 Å². The number of fused-ring (bicyclic) bond motifs is 1. The molecule has 8 nitrogen and oxygen atoms in total. The van der Waals surface area contributed by atoms with Gasteiger partial charge in [0.15, 0.2) is 5.82 Å². The quantitative estimate of drug-likeness (QED) is 0.336. The molecule has 0 unspecified atom stereocenters. The van der Waals surface area contributed by atoms with Gasteiger partial charge in [-0.05, 0) is 73.6 Å². The first-order chi connectivity index (χ1) is 17.1. The van der Waals surface area contributed by atoms with Crippen LogP contribution in [0.3, 0.4) is 0 Å². The van der Waals surface area contributed by atoms with Crippen molar-refractivity contribution >= 4 is 17.0 Å². The van der Waals surface area contributed by atoms with Gasteiger partial charge in [-0.2, -0.15) is 10.4 Å². The fourth-order valence-electron chi connectivity index (χ4n) is 3.89. The van der Waals surface area contributed by atoms with Gasteiger partial charge in [-0.1, -0.05) is 19.1 Å². The molecule has 0 saturated heterocycles. The van der Waals surface area contributed by atoms with E-state index in [4.69, 9.17) is 10.5 Å². The lowest BCUT2D eigenvalue weighted by Gasteiger charge is -2.20. The Morgan fingerprint density at radius 3 is 2.89 bits per heavy atom. The van der Waals surface area contributed by atoms with Gasteiger partial charge in [0.25, 0.3) is 0 Å². The van der Waals surface area contributed by atoms with Crippen molar-refractivity contribution in [2.75, 3.05) is 25.0 Å². The number of halogens is 1. The molecule has 0 fully saturated rings. The van der Waals surface area contributed by atoms with Crippen LogP contribution in [0.15, 0.2) is 61.1 Å². The average molecular weight is 474 g/mol. The molecule has 0 atom stereocenters. The number of aromatic nitrogens is 3. The standard InChI is InChI=1S/C26H28FN7O/c1-2-33(11-4-10-28)16-20-9-12-34-25(20)26(30-18-31-34)32-23-7-8-24(21(14-23)15-29)35-17-19-5-3-6-22(27)13-19/h3,5-9,12-14,18H,2,4,10-11,16-17,28H2,1H3,(H,30,31,32). The largest absolute Gasteiger partial charge is 0.488 e. The van der Waals surface area contributed by atoms with Crippen LogP contribution in [0.25, 0.3) is 5.52 Å². The minimum absolute atomic E-state index is 0.164. The second-order valence-corrected chi connectivity index (χ2v) is 8.12. The normalized spacial score (nSPS) is 11.1. The molecule has 2 heterocycles. The molecular weight excluding hydrogens is 445 g/mol. The second kappa shape index (κ2) is 11.4. The zero-order chi connectivity index (χ0) is 24.6. The van der Waals surface area contributed by atoms with E-state index < -0.39 is 0 Å². The summed E-state index contributed by atoms with van der Waals surface area (Å²) in [7, 11) is 0. The van der Waals surface area contributed by atoms with E-state index >= 15 is 0 Å². The van der Waals surface area contributed by atoms with Crippen molar-refractivity contribution in [3.8, 4) is 11.8 Å². The molecule has 0 aliphatic heterocycles. The summed E-state index contributed by atoms with van der Waals surface area (Å²) in [5.41, 5.74) is 9.42. The molecular formula is C26H28FN7O. The Labute approximate surface area is 203 Å². The molecule has 0 aliphatic rings. The molecule has 4 rings (SSSR count). The van der Waals surface area contributed by atoms with Gasteiger partial charge < -0.3 is 15.8 Å². The summed E-state index contributed by atoms with van der Waals surface area (Å²) >= 11 is 0. The van der Waals surface area contributed by atoms with Crippen molar-refractivity contribution in [2.24, 2.45) is 5.73 Å². The number of hydrogen-bond donors (Lipinski definition) is 2. The third-order valence-corrected chi connectivity index (χ3v) is 5.70. The molecule has 0 saturated carbocycles. The summed E-state index contributed by atoms with van der Waals surface area (Å²) in [6, 6.07) is 15.7. The Balaban J connectivity index is 1.54. The van der Waals surface area contributed by atoms with Crippen LogP contribution in [0.4, 0.5) is 15.9 Å². The first-order valence-corrected chi connectivity index (χ1v) is 11.5. The third-order valence-electron chi connectivity index (χ3n) is 5.70. The van der Waals surface area contributed by atoms with Crippen LogP contribution in [-0.4, -0.2) is 39.1 Å². The minimum atomic E-state index is -0.325. The Kier molecular flexibility index (Phi) is 7.88. The summed E-state index contributed by atoms with van der Waals surface area (Å²) in [6.07, 6.45) is 4.34. The predicted octanol–water partition coefficient (Wildman–Crippen LogP) is 4.23. The maximum Gasteiger partial charge on any atom is 0.158 e. The van der Waals surface area contributed by atoms with E-state index in [0.717, 1.165) is 37.1 Å². The molecule has 35 heavy (non-hydrogen) atoms. The van der Waals surface area contributed by atoms with E-state index in [1.807, 2.05) is 18.3 Å². The number of anilines is 2. The van der Waals surface area contributed by atoms with E-state index in [0.29, 0.717) is 34.9 Å². The van der Waals surface area contributed by atoms with Crippen LogP contribution in [0.5, 0.6) is 5.75 Å². The SMILES string of the molecule is CCN(CCCN)Cc1ccn2ncnc(Nc3ccc(OCc4cccc(F)c4)c(C#N)c3)c12. The highest BCUT2D eigenvalue weighted by Gasteiger charge is 2.14. The topological polar surface area (TPSA) is 104 Å². The smallest absolute Gasteiger partial charge is 0.158 e. The third kappa shape index (κ3) is 5.93. The molecule has 2 aromatic heterocycles. The van der Waals surface area contributed by atoms with Gasteiger partial charge in [-0.15, -0.1) is 0 Å². The van der Waals surface area contributed by atoms with E-state index in [9.17, 15) is 9.65 Å². The summed E-state index contributed by atoms with van der Waals surface area (Å²) in [4.78, 5) is 6.79. The Hall–Kier alpha value is -4.00.